The lowest BCUT2D eigenvalue weighted by molar-refractivity contribution is 0.0925. The lowest BCUT2D eigenvalue weighted by Gasteiger charge is -2.12. The number of rotatable bonds is 11. The topological polar surface area (TPSA) is 94.8 Å². The molecule has 34 heavy (non-hydrogen) atoms. The zero-order chi connectivity index (χ0) is 24.7. The van der Waals surface area contributed by atoms with Gasteiger partial charge in [0.15, 0.2) is 27.1 Å². The molecule has 0 bridgehead atoms. The molecule has 0 aliphatic rings. The number of carbonyl (C=O) groups is 1. The SMILES string of the molecule is CCOc1ccc(CCNC(=O)c2ccc(CS(=O)(=O)c3c(Cl)cccc3Cl)o2)cc1OCC. The lowest BCUT2D eigenvalue weighted by atomic mass is 10.1. The molecule has 1 heterocycles. The highest BCUT2D eigenvalue weighted by molar-refractivity contribution is 7.90. The fraction of sp³-hybridized carbons (Fsp3) is 0.292. The number of furan rings is 1. The van der Waals surface area contributed by atoms with E-state index in [4.69, 9.17) is 37.1 Å². The van der Waals surface area contributed by atoms with Gasteiger partial charge >= 0.3 is 0 Å². The quantitative estimate of drug-likeness (QED) is 0.363. The van der Waals surface area contributed by atoms with Gasteiger partial charge in [0.2, 0.25) is 0 Å². The van der Waals surface area contributed by atoms with Gasteiger partial charge in [0.05, 0.1) is 23.3 Å². The Labute approximate surface area is 208 Å². The number of ether oxygens (including phenoxy) is 2. The maximum absolute atomic E-state index is 12.7. The third-order valence-electron chi connectivity index (χ3n) is 4.75. The first-order valence-electron chi connectivity index (χ1n) is 10.7. The van der Waals surface area contributed by atoms with E-state index in [0.29, 0.717) is 37.7 Å². The van der Waals surface area contributed by atoms with Crippen molar-refractivity contribution < 1.29 is 27.1 Å². The van der Waals surface area contributed by atoms with Crippen LogP contribution in [0.4, 0.5) is 0 Å². The molecule has 3 aromatic rings. The van der Waals surface area contributed by atoms with Crippen molar-refractivity contribution >= 4 is 38.9 Å². The van der Waals surface area contributed by atoms with E-state index in [0.717, 1.165) is 5.56 Å². The molecule has 0 aliphatic heterocycles. The normalized spacial score (nSPS) is 11.3. The zero-order valence-electron chi connectivity index (χ0n) is 18.8. The van der Waals surface area contributed by atoms with Crippen molar-refractivity contribution in [3.05, 3.63) is 75.7 Å². The summed E-state index contributed by atoms with van der Waals surface area (Å²) in [5.41, 5.74) is 0.968. The van der Waals surface area contributed by atoms with Crippen molar-refractivity contribution in [2.75, 3.05) is 19.8 Å². The predicted octanol–water partition coefficient (Wildman–Crippen LogP) is 5.33. The molecule has 0 fully saturated rings. The smallest absolute Gasteiger partial charge is 0.287 e. The van der Waals surface area contributed by atoms with E-state index < -0.39 is 21.5 Å². The first-order valence-corrected chi connectivity index (χ1v) is 13.1. The second-order valence-corrected chi connectivity index (χ2v) is 9.97. The minimum Gasteiger partial charge on any atom is -0.490 e. The fourth-order valence-corrected chi connectivity index (χ4v) is 5.78. The molecule has 1 amide bonds. The van der Waals surface area contributed by atoms with Crippen molar-refractivity contribution in [2.45, 2.75) is 30.9 Å². The summed E-state index contributed by atoms with van der Waals surface area (Å²) in [5.74, 6) is 0.523. The Morgan fingerprint density at radius 3 is 2.32 bits per heavy atom. The van der Waals surface area contributed by atoms with Gasteiger partial charge in [-0.1, -0.05) is 35.3 Å². The van der Waals surface area contributed by atoms with E-state index in [-0.39, 0.29) is 26.5 Å². The van der Waals surface area contributed by atoms with Gasteiger partial charge in [-0.25, -0.2) is 8.42 Å². The minimum absolute atomic E-state index is 0.0113. The van der Waals surface area contributed by atoms with Crippen LogP contribution >= 0.6 is 23.2 Å². The van der Waals surface area contributed by atoms with Gasteiger partial charge in [-0.2, -0.15) is 0 Å². The van der Waals surface area contributed by atoms with Crippen molar-refractivity contribution in [2.24, 2.45) is 0 Å². The number of halogens is 2. The van der Waals surface area contributed by atoms with Crippen LogP contribution in [0.25, 0.3) is 0 Å². The predicted molar refractivity (Wildman–Crippen MR) is 131 cm³/mol. The molecule has 1 N–H and O–H groups in total. The van der Waals surface area contributed by atoms with Crippen LogP contribution in [0.2, 0.25) is 10.0 Å². The summed E-state index contributed by atoms with van der Waals surface area (Å²) in [6.07, 6.45) is 0.561. The monoisotopic (exact) mass is 525 g/mol. The summed E-state index contributed by atoms with van der Waals surface area (Å²) in [4.78, 5) is 12.3. The molecule has 0 spiro atoms. The van der Waals surface area contributed by atoms with Crippen molar-refractivity contribution in [3.8, 4) is 11.5 Å². The molecule has 0 saturated carbocycles. The van der Waals surface area contributed by atoms with Gasteiger partial charge in [-0.05, 0) is 62.2 Å². The van der Waals surface area contributed by atoms with Gasteiger partial charge in [0.1, 0.15) is 16.4 Å². The third-order valence-corrected chi connectivity index (χ3v) is 7.34. The van der Waals surface area contributed by atoms with E-state index >= 15 is 0 Å². The number of sulfone groups is 1. The van der Waals surface area contributed by atoms with Crippen molar-refractivity contribution in [3.63, 3.8) is 0 Å². The molecule has 3 rings (SSSR count). The van der Waals surface area contributed by atoms with Gasteiger partial charge < -0.3 is 19.2 Å². The maximum atomic E-state index is 12.7. The summed E-state index contributed by atoms with van der Waals surface area (Å²) < 4.78 is 42.1. The highest BCUT2D eigenvalue weighted by Crippen LogP contribution is 2.32. The third kappa shape index (κ3) is 6.46. The molecular formula is C24H25Cl2NO6S. The maximum Gasteiger partial charge on any atom is 0.287 e. The number of amides is 1. The molecule has 7 nitrogen and oxygen atoms in total. The first kappa shape index (κ1) is 25.9. The van der Waals surface area contributed by atoms with Crippen molar-refractivity contribution in [1.29, 1.82) is 0 Å². The Morgan fingerprint density at radius 2 is 1.65 bits per heavy atom. The Balaban J connectivity index is 1.60. The number of hydrogen-bond donors (Lipinski definition) is 1. The highest BCUT2D eigenvalue weighted by Gasteiger charge is 2.24. The molecule has 0 radical (unpaired) electrons. The van der Waals surface area contributed by atoms with E-state index in [9.17, 15) is 13.2 Å². The summed E-state index contributed by atoms with van der Waals surface area (Å²) in [7, 11) is -3.87. The number of carbonyl (C=O) groups excluding carboxylic acids is 1. The van der Waals surface area contributed by atoms with E-state index in [1.807, 2.05) is 32.0 Å². The number of nitrogens with one attached hydrogen (secondary N) is 1. The molecule has 0 unspecified atom stereocenters. The molecule has 1 aromatic heterocycles. The standard InChI is InChI=1S/C24H25Cl2NO6S/c1-3-31-20-10-8-16(14-22(20)32-4-2)12-13-27-24(28)21-11-9-17(33-21)15-34(29,30)23-18(25)6-5-7-19(23)26/h5-11,14H,3-4,12-13,15H2,1-2H3,(H,27,28). The van der Waals surface area contributed by atoms with Crippen LogP contribution in [-0.4, -0.2) is 34.1 Å². The average Bonchev–Trinajstić information content (AvgIpc) is 3.23. The molecule has 0 atom stereocenters. The molecule has 2 aromatic carbocycles. The Hall–Kier alpha value is -2.68. The van der Waals surface area contributed by atoms with E-state index in [2.05, 4.69) is 5.32 Å². The zero-order valence-corrected chi connectivity index (χ0v) is 21.1. The van der Waals surface area contributed by atoms with Gasteiger partial charge in [0.25, 0.3) is 5.91 Å². The van der Waals surface area contributed by atoms with Crippen LogP contribution in [0.15, 0.2) is 57.8 Å². The van der Waals surface area contributed by atoms with Crippen LogP contribution in [-0.2, 0) is 22.0 Å². The summed E-state index contributed by atoms with van der Waals surface area (Å²) in [5, 5.41) is 2.82. The Morgan fingerprint density at radius 1 is 0.971 bits per heavy atom. The average molecular weight is 526 g/mol. The highest BCUT2D eigenvalue weighted by atomic mass is 35.5. The van der Waals surface area contributed by atoms with Crippen LogP contribution in [0.3, 0.4) is 0 Å². The molecule has 10 heteroatoms. The van der Waals surface area contributed by atoms with Gasteiger partial charge in [-0.3, -0.25) is 4.79 Å². The fourth-order valence-electron chi connectivity index (χ4n) is 3.28. The van der Waals surface area contributed by atoms with Crippen LogP contribution in [0, 0.1) is 0 Å². The lowest BCUT2D eigenvalue weighted by Crippen LogP contribution is -2.25. The molecule has 0 aliphatic carbocycles. The second kappa shape index (κ2) is 11.6. The van der Waals surface area contributed by atoms with E-state index in [1.54, 1.807) is 6.07 Å². The molecule has 0 saturated heterocycles. The Bertz CT molecular complexity index is 1240. The van der Waals surface area contributed by atoms with Gasteiger partial charge in [-0.15, -0.1) is 0 Å². The second-order valence-electron chi connectivity index (χ2n) is 7.23. The minimum atomic E-state index is -3.87. The molecular weight excluding hydrogens is 501 g/mol. The summed E-state index contributed by atoms with van der Waals surface area (Å²) >= 11 is 12.0. The number of benzene rings is 2. The summed E-state index contributed by atoms with van der Waals surface area (Å²) in [6.45, 7) is 5.20. The van der Waals surface area contributed by atoms with Crippen molar-refractivity contribution in [1.82, 2.24) is 5.32 Å². The Kier molecular flexibility index (Phi) is 8.88. The van der Waals surface area contributed by atoms with Crippen LogP contribution in [0.5, 0.6) is 11.5 Å². The van der Waals surface area contributed by atoms with Crippen LogP contribution in [0.1, 0.15) is 35.7 Å². The van der Waals surface area contributed by atoms with E-state index in [1.165, 1.54) is 24.3 Å². The van der Waals surface area contributed by atoms with Crippen LogP contribution < -0.4 is 14.8 Å². The van der Waals surface area contributed by atoms with Gasteiger partial charge in [0, 0.05) is 6.54 Å². The number of hydrogen-bond acceptors (Lipinski definition) is 6. The largest absolute Gasteiger partial charge is 0.490 e. The first-order chi connectivity index (χ1) is 16.2. The summed E-state index contributed by atoms with van der Waals surface area (Å²) in [6, 6.07) is 13.0. The molecule has 182 valence electrons.